The summed E-state index contributed by atoms with van der Waals surface area (Å²) in [4.78, 5) is 0. The zero-order valence-electron chi connectivity index (χ0n) is 8.82. The average molecular weight is 230 g/mol. The highest BCUT2D eigenvalue weighted by atomic mass is 32.2. The first-order valence-corrected chi connectivity index (χ1v) is 7.20. The summed E-state index contributed by atoms with van der Waals surface area (Å²) >= 11 is 3.92. The Bertz CT molecular complexity index is 219. The fraction of sp³-hybridized carbons (Fsp3) is 0.818. The molecule has 1 rings (SSSR count). The molecule has 3 heteroatoms. The summed E-state index contributed by atoms with van der Waals surface area (Å²) in [5, 5.41) is 11.0. The molecule has 1 fully saturated rings. The summed E-state index contributed by atoms with van der Waals surface area (Å²) in [6.07, 6.45) is 1.54. The number of thioether (sulfide) groups is 2. The molecule has 0 aromatic carbocycles. The average Bonchev–Trinajstić information content (AvgIpc) is 2.25. The van der Waals surface area contributed by atoms with E-state index in [-0.39, 0.29) is 6.10 Å². The first-order chi connectivity index (χ1) is 6.79. The van der Waals surface area contributed by atoms with Crippen molar-refractivity contribution in [2.45, 2.75) is 43.3 Å². The number of hydrogen-bond acceptors (Lipinski definition) is 3. The molecule has 0 aromatic rings. The van der Waals surface area contributed by atoms with Gasteiger partial charge >= 0.3 is 0 Å². The highest BCUT2D eigenvalue weighted by Gasteiger charge is 2.30. The molecule has 80 valence electrons. The minimum absolute atomic E-state index is 0.245. The van der Waals surface area contributed by atoms with Crippen LogP contribution in [-0.4, -0.2) is 33.2 Å². The SMILES string of the molecule is CC#CCC(O)C1SCCSC1CC. The van der Waals surface area contributed by atoms with E-state index in [4.69, 9.17) is 0 Å². The Morgan fingerprint density at radius 2 is 2.14 bits per heavy atom. The zero-order chi connectivity index (χ0) is 10.4. The van der Waals surface area contributed by atoms with Crippen molar-refractivity contribution >= 4 is 23.5 Å². The molecular weight excluding hydrogens is 212 g/mol. The molecule has 0 bridgehead atoms. The van der Waals surface area contributed by atoms with E-state index in [2.05, 4.69) is 18.8 Å². The van der Waals surface area contributed by atoms with E-state index in [0.717, 1.165) is 6.42 Å². The van der Waals surface area contributed by atoms with Gasteiger partial charge in [0.15, 0.2) is 0 Å². The van der Waals surface area contributed by atoms with E-state index in [0.29, 0.717) is 16.9 Å². The molecule has 1 saturated heterocycles. The van der Waals surface area contributed by atoms with Crippen molar-refractivity contribution in [3.63, 3.8) is 0 Å². The van der Waals surface area contributed by atoms with Gasteiger partial charge < -0.3 is 5.11 Å². The van der Waals surface area contributed by atoms with Crippen molar-refractivity contribution in [2.75, 3.05) is 11.5 Å². The van der Waals surface area contributed by atoms with Gasteiger partial charge in [-0.3, -0.25) is 0 Å². The summed E-state index contributed by atoms with van der Waals surface area (Å²) in [6.45, 7) is 4.03. The van der Waals surface area contributed by atoms with Crippen molar-refractivity contribution < 1.29 is 5.11 Å². The highest BCUT2D eigenvalue weighted by Crippen LogP contribution is 2.35. The molecule has 1 heterocycles. The monoisotopic (exact) mass is 230 g/mol. The summed E-state index contributed by atoms with van der Waals surface area (Å²) < 4.78 is 0. The van der Waals surface area contributed by atoms with Gasteiger partial charge in [-0.2, -0.15) is 23.5 Å². The highest BCUT2D eigenvalue weighted by molar-refractivity contribution is 8.07. The van der Waals surface area contributed by atoms with Crippen LogP contribution in [0, 0.1) is 11.8 Å². The number of rotatable bonds is 3. The minimum atomic E-state index is -0.245. The van der Waals surface area contributed by atoms with Crippen LogP contribution >= 0.6 is 23.5 Å². The fourth-order valence-corrected chi connectivity index (χ4v) is 4.77. The van der Waals surface area contributed by atoms with E-state index in [1.54, 1.807) is 0 Å². The van der Waals surface area contributed by atoms with Crippen molar-refractivity contribution in [2.24, 2.45) is 0 Å². The van der Waals surface area contributed by atoms with Crippen LogP contribution in [-0.2, 0) is 0 Å². The van der Waals surface area contributed by atoms with Crippen LogP contribution in [0.2, 0.25) is 0 Å². The van der Waals surface area contributed by atoms with E-state index in [1.807, 2.05) is 30.4 Å². The molecule has 0 amide bonds. The molecule has 0 aromatic heterocycles. The lowest BCUT2D eigenvalue weighted by Crippen LogP contribution is -2.35. The predicted molar refractivity (Wildman–Crippen MR) is 66.9 cm³/mol. The topological polar surface area (TPSA) is 20.2 Å². The number of hydrogen-bond donors (Lipinski definition) is 1. The van der Waals surface area contributed by atoms with Crippen LogP contribution < -0.4 is 0 Å². The maximum absolute atomic E-state index is 9.97. The second-order valence-electron chi connectivity index (χ2n) is 3.35. The van der Waals surface area contributed by atoms with Crippen LogP contribution in [0.5, 0.6) is 0 Å². The van der Waals surface area contributed by atoms with E-state index in [9.17, 15) is 5.11 Å². The van der Waals surface area contributed by atoms with Gasteiger partial charge in [0.2, 0.25) is 0 Å². The molecule has 1 N–H and O–H groups in total. The maximum atomic E-state index is 9.97. The Hall–Kier alpha value is 0.220. The van der Waals surface area contributed by atoms with Gasteiger partial charge in [-0.25, -0.2) is 0 Å². The van der Waals surface area contributed by atoms with Crippen LogP contribution in [0.25, 0.3) is 0 Å². The zero-order valence-corrected chi connectivity index (χ0v) is 10.5. The molecule has 1 nitrogen and oxygen atoms in total. The maximum Gasteiger partial charge on any atom is 0.0778 e. The van der Waals surface area contributed by atoms with Gasteiger partial charge in [-0.15, -0.1) is 11.8 Å². The van der Waals surface area contributed by atoms with E-state index < -0.39 is 0 Å². The Labute approximate surface area is 95.4 Å². The van der Waals surface area contributed by atoms with Gasteiger partial charge in [0, 0.05) is 28.4 Å². The van der Waals surface area contributed by atoms with Crippen molar-refractivity contribution in [1.82, 2.24) is 0 Å². The third-order valence-electron chi connectivity index (χ3n) is 2.36. The molecule has 3 unspecified atom stereocenters. The molecule has 3 atom stereocenters. The number of aliphatic hydroxyl groups excluding tert-OH is 1. The van der Waals surface area contributed by atoms with Gasteiger partial charge in [0.1, 0.15) is 0 Å². The van der Waals surface area contributed by atoms with E-state index in [1.165, 1.54) is 11.5 Å². The third-order valence-corrected chi connectivity index (χ3v) is 5.75. The molecule has 1 aliphatic rings. The summed E-state index contributed by atoms with van der Waals surface area (Å²) in [7, 11) is 0. The lowest BCUT2D eigenvalue weighted by Gasteiger charge is -2.32. The lowest BCUT2D eigenvalue weighted by atomic mass is 10.1. The quantitative estimate of drug-likeness (QED) is 0.752. The normalized spacial score (nSPS) is 29.1. The smallest absolute Gasteiger partial charge is 0.0778 e. The predicted octanol–water partition coefficient (Wildman–Crippen LogP) is 2.39. The second kappa shape index (κ2) is 6.66. The molecule has 0 radical (unpaired) electrons. The summed E-state index contributed by atoms with van der Waals surface area (Å²) in [5.41, 5.74) is 0. The van der Waals surface area contributed by atoms with Crippen LogP contribution in [0.4, 0.5) is 0 Å². The largest absolute Gasteiger partial charge is 0.391 e. The first-order valence-electron chi connectivity index (χ1n) is 5.10. The van der Waals surface area contributed by atoms with Crippen LogP contribution in [0.3, 0.4) is 0 Å². The second-order valence-corrected chi connectivity index (χ2v) is 5.98. The van der Waals surface area contributed by atoms with Crippen LogP contribution in [0.1, 0.15) is 26.7 Å². The number of aliphatic hydroxyl groups is 1. The van der Waals surface area contributed by atoms with Gasteiger partial charge in [-0.05, 0) is 13.3 Å². The Morgan fingerprint density at radius 3 is 2.79 bits per heavy atom. The fourth-order valence-electron chi connectivity index (χ4n) is 1.62. The van der Waals surface area contributed by atoms with Gasteiger partial charge in [0.25, 0.3) is 0 Å². The Morgan fingerprint density at radius 1 is 1.43 bits per heavy atom. The van der Waals surface area contributed by atoms with Crippen molar-refractivity contribution in [3.8, 4) is 11.8 Å². The molecule has 1 aliphatic heterocycles. The van der Waals surface area contributed by atoms with E-state index >= 15 is 0 Å². The summed E-state index contributed by atoms with van der Waals surface area (Å²) in [5.74, 6) is 8.21. The molecule has 0 saturated carbocycles. The molecular formula is C11H18OS2. The molecule has 14 heavy (non-hydrogen) atoms. The molecule has 0 aliphatic carbocycles. The minimum Gasteiger partial charge on any atom is -0.391 e. The van der Waals surface area contributed by atoms with Gasteiger partial charge in [0.05, 0.1) is 6.10 Å². The van der Waals surface area contributed by atoms with Crippen molar-refractivity contribution in [3.05, 3.63) is 0 Å². The first kappa shape index (κ1) is 12.3. The summed E-state index contributed by atoms with van der Waals surface area (Å²) in [6, 6.07) is 0. The Kier molecular flexibility index (Phi) is 5.84. The van der Waals surface area contributed by atoms with Gasteiger partial charge in [-0.1, -0.05) is 6.92 Å². The van der Waals surface area contributed by atoms with Crippen LogP contribution in [0.15, 0.2) is 0 Å². The third kappa shape index (κ3) is 3.42. The molecule has 0 spiro atoms. The van der Waals surface area contributed by atoms with Crippen molar-refractivity contribution in [1.29, 1.82) is 0 Å². The Balaban J connectivity index is 2.48. The lowest BCUT2D eigenvalue weighted by molar-refractivity contribution is 0.174. The standard InChI is InChI=1S/C11H18OS2/c1-3-5-6-9(12)11-10(4-2)13-7-8-14-11/h9-12H,4,6-8H2,1-2H3.